The molecule has 1 atom stereocenters. The van der Waals surface area contributed by atoms with Crippen molar-refractivity contribution in [3.63, 3.8) is 0 Å². The van der Waals surface area contributed by atoms with E-state index in [2.05, 4.69) is 63.3 Å². The standard InChI is InChI=1S/C20H28N4/c1-16(17-5-3-2-4-6-17)9-12-23-13-10-19(11-14-23)24-15-20(21-22-24)18-7-8-18/h2-6,15-16,18-19H,7-14H2,1H3/t16-/m1/s1. The van der Waals surface area contributed by atoms with E-state index >= 15 is 0 Å². The van der Waals surface area contributed by atoms with Crippen LogP contribution < -0.4 is 0 Å². The summed E-state index contributed by atoms with van der Waals surface area (Å²) in [6.07, 6.45) is 8.45. The van der Waals surface area contributed by atoms with Gasteiger partial charge < -0.3 is 4.90 Å². The van der Waals surface area contributed by atoms with Crippen LogP contribution in [0, 0.1) is 0 Å². The Labute approximate surface area is 144 Å². The van der Waals surface area contributed by atoms with Crippen LogP contribution in [0.2, 0.25) is 0 Å². The van der Waals surface area contributed by atoms with Crippen molar-refractivity contribution in [2.75, 3.05) is 19.6 Å². The molecule has 2 aromatic rings. The van der Waals surface area contributed by atoms with E-state index in [-0.39, 0.29) is 0 Å². The fourth-order valence-electron chi connectivity index (χ4n) is 3.77. The van der Waals surface area contributed by atoms with Gasteiger partial charge in [-0.3, -0.25) is 0 Å². The smallest absolute Gasteiger partial charge is 0.0858 e. The van der Waals surface area contributed by atoms with Crippen LogP contribution >= 0.6 is 0 Å². The molecule has 4 nitrogen and oxygen atoms in total. The first-order valence-electron chi connectivity index (χ1n) is 9.48. The van der Waals surface area contributed by atoms with Crippen molar-refractivity contribution in [3.05, 3.63) is 47.8 Å². The molecular formula is C20H28N4. The molecule has 4 heteroatoms. The van der Waals surface area contributed by atoms with Gasteiger partial charge >= 0.3 is 0 Å². The Hall–Kier alpha value is -1.68. The van der Waals surface area contributed by atoms with Crippen LogP contribution in [0.3, 0.4) is 0 Å². The van der Waals surface area contributed by atoms with E-state index in [0.717, 1.165) is 0 Å². The number of hydrogen-bond donors (Lipinski definition) is 0. The minimum atomic E-state index is 0.549. The minimum Gasteiger partial charge on any atom is -0.303 e. The average Bonchev–Trinajstić information content (AvgIpc) is 3.38. The van der Waals surface area contributed by atoms with Crippen molar-refractivity contribution in [3.8, 4) is 0 Å². The molecule has 0 bridgehead atoms. The minimum absolute atomic E-state index is 0.549. The molecule has 2 heterocycles. The van der Waals surface area contributed by atoms with E-state index < -0.39 is 0 Å². The molecule has 1 saturated carbocycles. The predicted molar refractivity (Wildman–Crippen MR) is 96.2 cm³/mol. The highest BCUT2D eigenvalue weighted by Crippen LogP contribution is 2.39. The van der Waals surface area contributed by atoms with E-state index in [9.17, 15) is 0 Å². The second-order valence-corrected chi connectivity index (χ2v) is 7.57. The number of hydrogen-bond acceptors (Lipinski definition) is 3. The van der Waals surface area contributed by atoms with Gasteiger partial charge in [-0.2, -0.15) is 0 Å². The zero-order valence-electron chi connectivity index (χ0n) is 14.6. The largest absolute Gasteiger partial charge is 0.303 e. The number of piperidine rings is 1. The molecular weight excluding hydrogens is 296 g/mol. The Bertz CT molecular complexity index is 639. The zero-order chi connectivity index (χ0) is 16.4. The third kappa shape index (κ3) is 3.69. The van der Waals surface area contributed by atoms with Crippen LogP contribution in [-0.4, -0.2) is 39.5 Å². The summed E-state index contributed by atoms with van der Waals surface area (Å²) >= 11 is 0. The quantitative estimate of drug-likeness (QED) is 0.806. The van der Waals surface area contributed by atoms with Crippen LogP contribution in [-0.2, 0) is 0 Å². The van der Waals surface area contributed by atoms with Crippen molar-refractivity contribution in [2.45, 2.75) is 56.9 Å². The molecule has 4 rings (SSSR count). The topological polar surface area (TPSA) is 34.0 Å². The van der Waals surface area contributed by atoms with Gasteiger partial charge in [0.25, 0.3) is 0 Å². The van der Waals surface area contributed by atoms with Gasteiger partial charge in [-0.1, -0.05) is 42.5 Å². The van der Waals surface area contributed by atoms with Crippen molar-refractivity contribution in [2.24, 2.45) is 0 Å². The number of aromatic nitrogens is 3. The first-order chi connectivity index (χ1) is 11.8. The van der Waals surface area contributed by atoms with Crippen molar-refractivity contribution < 1.29 is 0 Å². The van der Waals surface area contributed by atoms with Gasteiger partial charge in [0.1, 0.15) is 0 Å². The van der Waals surface area contributed by atoms with Gasteiger partial charge in [-0.15, -0.1) is 5.10 Å². The van der Waals surface area contributed by atoms with Gasteiger partial charge in [-0.05, 0) is 50.1 Å². The Morgan fingerprint density at radius 1 is 1.08 bits per heavy atom. The number of rotatable bonds is 6. The molecule has 24 heavy (non-hydrogen) atoms. The molecule has 1 aromatic carbocycles. The highest BCUT2D eigenvalue weighted by Gasteiger charge is 2.28. The lowest BCUT2D eigenvalue weighted by Crippen LogP contribution is -2.35. The molecule has 1 aliphatic carbocycles. The van der Waals surface area contributed by atoms with Crippen LogP contribution in [0.1, 0.15) is 68.2 Å². The molecule has 0 radical (unpaired) electrons. The number of nitrogens with zero attached hydrogens (tertiary/aromatic N) is 4. The molecule has 0 amide bonds. The Morgan fingerprint density at radius 3 is 2.54 bits per heavy atom. The second-order valence-electron chi connectivity index (χ2n) is 7.57. The maximum Gasteiger partial charge on any atom is 0.0858 e. The molecule has 128 valence electrons. The van der Waals surface area contributed by atoms with Crippen molar-refractivity contribution >= 4 is 0 Å². The SMILES string of the molecule is C[C@H](CCN1CCC(n2cc(C3CC3)nn2)CC1)c1ccccc1. The summed E-state index contributed by atoms with van der Waals surface area (Å²) < 4.78 is 2.14. The van der Waals surface area contributed by atoms with Gasteiger partial charge in [0, 0.05) is 25.2 Å². The van der Waals surface area contributed by atoms with Gasteiger partial charge in [0.05, 0.1) is 11.7 Å². The molecule has 0 spiro atoms. The van der Waals surface area contributed by atoms with Gasteiger partial charge in [0.2, 0.25) is 0 Å². The van der Waals surface area contributed by atoms with E-state index in [4.69, 9.17) is 0 Å². The lowest BCUT2D eigenvalue weighted by molar-refractivity contribution is 0.174. The maximum atomic E-state index is 4.39. The summed E-state index contributed by atoms with van der Waals surface area (Å²) in [5, 5.41) is 8.75. The van der Waals surface area contributed by atoms with Crippen LogP contribution in [0.4, 0.5) is 0 Å². The lowest BCUT2D eigenvalue weighted by Gasteiger charge is -2.32. The van der Waals surface area contributed by atoms with E-state index in [1.165, 1.54) is 63.0 Å². The van der Waals surface area contributed by atoms with E-state index in [1.807, 2.05) is 0 Å². The van der Waals surface area contributed by atoms with Crippen LogP contribution in [0.15, 0.2) is 36.5 Å². The Morgan fingerprint density at radius 2 is 1.83 bits per heavy atom. The van der Waals surface area contributed by atoms with Gasteiger partial charge in [-0.25, -0.2) is 4.68 Å². The molecule has 0 unspecified atom stereocenters. The highest BCUT2D eigenvalue weighted by molar-refractivity contribution is 5.18. The third-order valence-corrected chi connectivity index (χ3v) is 5.70. The summed E-state index contributed by atoms with van der Waals surface area (Å²) in [5.74, 6) is 1.35. The fourth-order valence-corrected chi connectivity index (χ4v) is 3.77. The first-order valence-corrected chi connectivity index (χ1v) is 9.48. The molecule has 1 saturated heterocycles. The molecule has 2 fully saturated rings. The highest BCUT2D eigenvalue weighted by atomic mass is 15.4. The molecule has 0 N–H and O–H groups in total. The molecule has 1 aliphatic heterocycles. The first kappa shape index (κ1) is 15.8. The zero-order valence-corrected chi connectivity index (χ0v) is 14.6. The maximum absolute atomic E-state index is 4.39. The van der Waals surface area contributed by atoms with Crippen molar-refractivity contribution in [1.29, 1.82) is 0 Å². The van der Waals surface area contributed by atoms with Crippen LogP contribution in [0.25, 0.3) is 0 Å². The predicted octanol–water partition coefficient (Wildman–Crippen LogP) is 3.99. The summed E-state index contributed by atoms with van der Waals surface area (Å²) in [7, 11) is 0. The summed E-state index contributed by atoms with van der Waals surface area (Å²) in [5.41, 5.74) is 2.68. The third-order valence-electron chi connectivity index (χ3n) is 5.70. The van der Waals surface area contributed by atoms with Crippen LogP contribution in [0.5, 0.6) is 0 Å². The van der Waals surface area contributed by atoms with E-state index in [0.29, 0.717) is 17.9 Å². The molecule has 2 aliphatic rings. The lowest BCUT2D eigenvalue weighted by atomic mass is 9.97. The van der Waals surface area contributed by atoms with Gasteiger partial charge in [0.15, 0.2) is 0 Å². The summed E-state index contributed by atoms with van der Waals surface area (Å²) in [6.45, 7) is 5.92. The second kappa shape index (κ2) is 7.06. The average molecular weight is 324 g/mol. The fraction of sp³-hybridized carbons (Fsp3) is 0.600. The normalized spacial score (nSPS) is 21.0. The van der Waals surface area contributed by atoms with Crippen molar-refractivity contribution in [1.82, 2.24) is 19.9 Å². The van der Waals surface area contributed by atoms with E-state index in [1.54, 1.807) is 0 Å². The monoisotopic (exact) mass is 324 g/mol. The number of likely N-dealkylation sites (tertiary alicyclic amines) is 1. The number of benzene rings is 1. The summed E-state index contributed by atoms with van der Waals surface area (Å²) in [4.78, 5) is 2.62. The Balaban J connectivity index is 1.24. The molecule has 1 aromatic heterocycles. The summed E-state index contributed by atoms with van der Waals surface area (Å²) in [6, 6.07) is 11.4. The Kier molecular flexibility index (Phi) is 4.65.